The van der Waals surface area contributed by atoms with E-state index in [0.717, 1.165) is 6.42 Å². The average Bonchev–Trinajstić information content (AvgIpc) is 2.15. The van der Waals surface area contributed by atoms with Crippen LogP contribution < -0.4 is 5.90 Å². The molecule has 0 amide bonds. The third-order valence-corrected chi connectivity index (χ3v) is 2.99. The van der Waals surface area contributed by atoms with E-state index in [1.165, 1.54) is 27.8 Å². The van der Waals surface area contributed by atoms with Gasteiger partial charge in [0, 0.05) is 0 Å². The second kappa shape index (κ2) is 4.58. The summed E-state index contributed by atoms with van der Waals surface area (Å²) >= 11 is 0. The van der Waals surface area contributed by atoms with Crippen molar-refractivity contribution in [3.8, 4) is 0 Å². The number of hydrogen-bond donors (Lipinski definition) is 1. The first-order valence-electron chi connectivity index (χ1n) is 4.96. The summed E-state index contributed by atoms with van der Waals surface area (Å²) in [5.41, 5.74) is 6.81. The normalized spacial score (nSPS) is 10.6. The maximum Gasteiger partial charge on any atom is 0.0719 e. The van der Waals surface area contributed by atoms with E-state index in [-0.39, 0.29) is 0 Å². The molecule has 0 bridgehead atoms. The van der Waals surface area contributed by atoms with Crippen LogP contribution in [-0.4, -0.2) is 6.61 Å². The van der Waals surface area contributed by atoms with Gasteiger partial charge in [0.1, 0.15) is 0 Å². The zero-order valence-electron chi connectivity index (χ0n) is 9.48. The maximum absolute atomic E-state index is 5.05. The molecule has 2 nitrogen and oxygen atoms in total. The van der Waals surface area contributed by atoms with Crippen LogP contribution in [0.4, 0.5) is 0 Å². The molecule has 2 heteroatoms. The van der Waals surface area contributed by atoms with Crippen LogP contribution in [0.5, 0.6) is 0 Å². The van der Waals surface area contributed by atoms with E-state index in [4.69, 9.17) is 5.90 Å². The van der Waals surface area contributed by atoms with Crippen LogP contribution in [0.15, 0.2) is 6.07 Å². The Morgan fingerprint density at radius 1 is 1.07 bits per heavy atom. The lowest BCUT2D eigenvalue weighted by molar-refractivity contribution is 0.141. The number of benzene rings is 1. The topological polar surface area (TPSA) is 35.2 Å². The van der Waals surface area contributed by atoms with Crippen molar-refractivity contribution in [3.05, 3.63) is 33.9 Å². The lowest BCUT2D eigenvalue weighted by Gasteiger charge is -2.14. The third kappa shape index (κ3) is 2.14. The van der Waals surface area contributed by atoms with Gasteiger partial charge in [-0.05, 0) is 61.9 Å². The molecule has 0 aliphatic rings. The van der Waals surface area contributed by atoms with E-state index in [1.54, 1.807) is 0 Å². The summed E-state index contributed by atoms with van der Waals surface area (Å²) < 4.78 is 0. The Kier molecular flexibility index (Phi) is 3.67. The van der Waals surface area contributed by atoms with Crippen molar-refractivity contribution in [1.82, 2.24) is 0 Å². The highest BCUT2D eigenvalue weighted by molar-refractivity contribution is 5.44. The largest absolute Gasteiger partial charge is 0.304 e. The minimum absolute atomic E-state index is 0.588. The summed E-state index contributed by atoms with van der Waals surface area (Å²) in [5, 5.41) is 0. The molecule has 0 aromatic heterocycles. The molecule has 0 unspecified atom stereocenters. The fourth-order valence-corrected chi connectivity index (χ4v) is 1.83. The first-order valence-corrected chi connectivity index (χ1v) is 4.96. The predicted octanol–water partition coefficient (Wildman–Crippen LogP) is 2.35. The zero-order chi connectivity index (χ0) is 10.7. The molecule has 0 atom stereocenters. The highest BCUT2D eigenvalue weighted by Crippen LogP contribution is 2.21. The minimum Gasteiger partial charge on any atom is -0.304 e. The molecule has 0 heterocycles. The van der Waals surface area contributed by atoms with E-state index >= 15 is 0 Å². The van der Waals surface area contributed by atoms with Gasteiger partial charge in [0.15, 0.2) is 0 Å². The fourth-order valence-electron chi connectivity index (χ4n) is 1.83. The molecule has 1 aromatic carbocycles. The molecule has 0 aliphatic carbocycles. The molecule has 0 spiro atoms. The Labute approximate surface area is 86.0 Å². The first kappa shape index (κ1) is 11.2. The maximum atomic E-state index is 5.05. The summed E-state index contributed by atoms with van der Waals surface area (Å²) in [7, 11) is 0. The van der Waals surface area contributed by atoms with Crippen LogP contribution in [0, 0.1) is 27.7 Å². The number of aryl methyl sites for hydroxylation is 2. The molecule has 0 radical (unpaired) electrons. The Morgan fingerprint density at radius 3 is 2.00 bits per heavy atom. The van der Waals surface area contributed by atoms with Crippen LogP contribution in [0.1, 0.15) is 27.8 Å². The molecule has 0 saturated carbocycles. The standard InChI is InChI=1S/C12H19NO/c1-8-7-9(2)11(4)12(10(8)3)5-6-14-13/h7H,5-6,13H2,1-4H3. The van der Waals surface area contributed by atoms with E-state index in [0.29, 0.717) is 6.61 Å². The second-order valence-electron chi connectivity index (χ2n) is 3.86. The van der Waals surface area contributed by atoms with Crippen molar-refractivity contribution in [2.24, 2.45) is 5.90 Å². The lowest BCUT2D eigenvalue weighted by Crippen LogP contribution is -2.07. The Hall–Kier alpha value is -0.860. The van der Waals surface area contributed by atoms with E-state index in [9.17, 15) is 0 Å². The van der Waals surface area contributed by atoms with Crippen molar-refractivity contribution < 1.29 is 4.84 Å². The average molecular weight is 193 g/mol. The van der Waals surface area contributed by atoms with Gasteiger partial charge in [-0.25, -0.2) is 5.90 Å². The van der Waals surface area contributed by atoms with Crippen molar-refractivity contribution in [3.63, 3.8) is 0 Å². The summed E-state index contributed by atoms with van der Waals surface area (Å²) in [4.78, 5) is 4.64. The second-order valence-corrected chi connectivity index (χ2v) is 3.86. The predicted molar refractivity (Wildman–Crippen MR) is 59.2 cm³/mol. The van der Waals surface area contributed by atoms with Crippen LogP contribution >= 0.6 is 0 Å². The van der Waals surface area contributed by atoms with Gasteiger partial charge < -0.3 is 4.84 Å². The molecule has 78 valence electrons. The van der Waals surface area contributed by atoms with E-state index in [1.807, 2.05) is 0 Å². The smallest absolute Gasteiger partial charge is 0.0719 e. The van der Waals surface area contributed by atoms with Gasteiger partial charge in [0.25, 0.3) is 0 Å². The first-order chi connectivity index (χ1) is 6.57. The summed E-state index contributed by atoms with van der Waals surface area (Å²) in [6.45, 7) is 9.20. The summed E-state index contributed by atoms with van der Waals surface area (Å²) in [6.07, 6.45) is 0.899. The molecule has 0 aliphatic heterocycles. The molecule has 2 N–H and O–H groups in total. The minimum atomic E-state index is 0.588. The molecular formula is C12H19NO. The van der Waals surface area contributed by atoms with Crippen LogP contribution in [0.2, 0.25) is 0 Å². The number of hydrogen-bond acceptors (Lipinski definition) is 2. The fraction of sp³-hybridized carbons (Fsp3) is 0.500. The van der Waals surface area contributed by atoms with Gasteiger partial charge >= 0.3 is 0 Å². The van der Waals surface area contributed by atoms with E-state index in [2.05, 4.69) is 38.6 Å². The van der Waals surface area contributed by atoms with Gasteiger partial charge in [-0.15, -0.1) is 0 Å². The lowest BCUT2D eigenvalue weighted by atomic mass is 9.93. The summed E-state index contributed by atoms with van der Waals surface area (Å²) in [5.74, 6) is 5.05. The Balaban J connectivity index is 3.11. The monoisotopic (exact) mass is 193 g/mol. The van der Waals surface area contributed by atoms with Crippen LogP contribution in [0.25, 0.3) is 0 Å². The van der Waals surface area contributed by atoms with Gasteiger partial charge in [0.2, 0.25) is 0 Å². The van der Waals surface area contributed by atoms with Gasteiger partial charge in [0.05, 0.1) is 6.61 Å². The number of nitrogens with two attached hydrogens (primary N) is 1. The molecular weight excluding hydrogens is 174 g/mol. The number of rotatable bonds is 3. The highest BCUT2D eigenvalue weighted by Gasteiger charge is 2.07. The summed E-state index contributed by atoms with van der Waals surface area (Å²) in [6, 6.07) is 2.23. The van der Waals surface area contributed by atoms with Gasteiger partial charge in [-0.1, -0.05) is 6.07 Å². The molecule has 1 rings (SSSR count). The van der Waals surface area contributed by atoms with Gasteiger partial charge in [-0.3, -0.25) is 0 Å². The van der Waals surface area contributed by atoms with Crippen molar-refractivity contribution in [1.29, 1.82) is 0 Å². The van der Waals surface area contributed by atoms with Crippen LogP contribution in [-0.2, 0) is 11.3 Å². The Bertz CT molecular complexity index is 305. The van der Waals surface area contributed by atoms with Crippen molar-refractivity contribution in [2.75, 3.05) is 6.61 Å². The molecule has 0 saturated heterocycles. The third-order valence-electron chi connectivity index (χ3n) is 2.99. The molecule has 0 fully saturated rings. The quantitative estimate of drug-likeness (QED) is 0.748. The highest BCUT2D eigenvalue weighted by atomic mass is 16.6. The Morgan fingerprint density at radius 2 is 1.57 bits per heavy atom. The van der Waals surface area contributed by atoms with Crippen LogP contribution in [0.3, 0.4) is 0 Å². The van der Waals surface area contributed by atoms with E-state index < -0.39 is 0 Å². The van der Waals surface area contributed by atoms with Gasteiger partial charge in [-0.2, -0.15) is 0 Å². The molecule has 1 aromatic rings. The zero-order valence-corrected chi connectivity index (χ0v) is 9.48. The van der Waals surface area contributed by atoms with Crippen molar-refractivity contribution >= 4 is 0 Å². The molecule has 14 heavy (non-hydrogen) atoms. The SMILES string of the molecule is Cc1cc(C)c(C)c(CCON)c1C. The van der Waals surface area contributed by atoms with Crippen molar-refractivity contribution in [2.45, 2.75) is 34.1 Å².